The molecule has 370 valence electrons. The molecule has 0 aliphatic carbocycles. The van der Waals surface area contributed by atoms with E-state index in [1.165, 1.54) is 87.6 Å². The molecular weight excluding hydrogens is 901 g/mol. The molecule has 12 rings (SSSR count). The van der Waals surface area contributed by atoms with Crippen LogP contribution < -0.4 is 9.80 Å². The average Bonchev–Trinajstić information content (AvgIpc) is 4.01. The van der Waals surface area contributed by atoms with Crippen LogP contribution in [-0.2, 0) is 10.8 Å². The van der Waals surface area contributed by atoms with Crippen LogP contribution in [0, 0.1) is 27.7 Å². The summed E-state index contributed by atoms with van der Waals surface area (Å²) in [6.45, 7) is 31.8. The van der Waals surface area contributed by atoms with Gasteiger partial charge in [0.2, 0.25) is 0 Å². The third-order valence-corrected chi connectivity index (χ3v) is 16.0. The molecule has 0 aliphatic heterocycles. The Bertz CT molecular complexity index is 3910. The lowest BCUT2D eigenvalue weighted by molar-refractivity contribution is 0.572. The molecule has 0 saturated carbocycles. The van der Waals surface area contributed by atoms with Gasteiger partial charge in [-0.1, -0.05) is 177 Å². The van der Waals surface area contributed by atoms with Gasteiger partial charge in [-0.15, -0.1) is 0 Å². The van der Waals surface area contributed by atoms with Crippen LogP contribution >= 0.6 is 0 Å². The van der Waals surface area contributed by atoms with Crippen molar-refractivity contribution in [1.82, 2.24) is 0 Å². The molecule has 0 bridgehead atoms. The Morgan fingerprint density at radius 2 is 0.716 bits per heavy atom. The topological polar surface area (TPSA) is 32.8 Å². The second-order valence-corrected chi connectivity index (χ2v) is 24.0. The standard InChI is InChI=1S/C70H68N2O2/c1-39(2)53-37-59(71(45-27-21-41(5)22-28-45)57-19-15-17-51-61-43(7)25-35-55(69(9,10)11)67(61)73-65(51)57)49-34-32-48-54(40(3)4)38-60(50-33-31-47(53)63(49)64(48)50)72(46-29-23-42(6)24-30-46)58-20-16-18-52-62-44(8)26-36-56(70(12,13)14)68(62)74-66(52)58/h15-40H,1-14H3. The highest BCUT2D eigenvalue weighted by Crippen LogP contribution is 2.54. The zero-order chi connectivity index (χ0) is 51.9. The molecule has 2 heterocycles. The van der Waals surface area contributed by atoms with Crippen LogP contribution in [0.1, 0.15) is 126 Å². The fourth-order valence-corrected chi connectivity index (χ4v) is 12.2. The number of nitrogens with zero attached hydrogens (tertiary/aromatic N) is 2. The quantitative estimate of drug-likeness (QED) is 0.142. The summed E-state index contributed by atoms with van der Waals surface area (Å²) in [5.74, 6) is 0.467. The highest BCUT2D eigenvalue weighted by atomic mass is 16.3. The molecule has 0 saturated heterocycles. The monoisotopic (exact) mass is 969 g/mol. The number of hydrogen-bond acceptors (Lipinski definition) is 4. The van der Waals surface area contributed by atoms with Gasteiger partial charge in [-0.2, -0.15) is 0 Å². The predicted molar refractivity (Wildman–Crippen MR) is 319 cm³/mol. The minimum absolute atomic E-state index is 0.106. The Morgan fingerprint density at radius 1 is 0.351 bits per heavy atom. The Labute approximate surface area is 436 Å². The molecule has 0 aliphatic rings. The zero-order valence-corrected chi connectivity index (χ0v) is 45.7. The maximum absolute atomic E-state index is 7.27. The SMILES string of the molecule is Cc1ccc(N(c2cc(C(C)C)c3ccc4c(N(c5ccc(C)cc5)c5cccc6c5oc5c(C(C)(C)C)ccc(C)c56)cc(C(C)C)c5ccc2c3c54)c2cccc3c2oc2c(C(C)(C)C)ccc(C)c23)cc1. The second-order valence-electron chi connectivity index (χ2n) is 24.0. The molecule has 74 heavy (non-hydrogen) atoms. The van der Waals surface area contributed by atoms with Gasteiger partial charge in [-0.05, 0) is 143 Å². The van der Waals surface area contributed by atoms with Crippen LogP contribution in [0.5, 0.6) is 0 Å². The average molecular weight is 969 g/mol. The van der Waals surface area contributed by atoms with Crippen LogP contribution in [0.2, 0.25) is 0 Å². The van der Waals surface area contributed by atoms with Gasteiger partial charge in [-0.3, -0.25) is 0 Å². The number of anilines is 6. The molecule has 0 spiro atoms. The van der Waals surface area contributed by atoms with Crippen LogP contribution in [0.15, 0.2) is 154 Å². The maximum Gasteiger partial charge on any atom is 0.159 e. The van der Waals surface area contributed by atoms with E-state index in [9.17, 15) is 0 Å². The molecule has 0 unspecified atom stereocenters. The van der Waals surface area contributed by atoms with Crippen LogP contribution in [0.4, 0.5) is 34.1 Å². The highest BCUT2D eigenvalue weighted by molar-refractivity contribution is 6.30. The van der Waals surface area contributed by atoms with E-state index in [0.29, 0.717) is 0 Å². The first-order valence-corrected chi connectivity index (χ1v) is 26.7. The van der Waals surface area contributed by atoms with E-state index >= 15 is 0 Å². The highest BCUT2D eigenvalue weighted by Gasteiger charge is 2.31. The molecule has 10 aromatic carbocycles. The molecule has 0 N–H and O–H groups in total. The summed E-state index contributed by atoms with van der Waals surface area (Å²) in [4.78, 5) is 4.96. The molecule has 4 heteroatoms. The summed E-state index contributed by atoms with van der Waals surface area (Å²) in [5.41, 5.74) is 19.9. The number of hydrogen-bond donors (Lipinski definition) is 0. The van der Waals surface area contributed by atoms with Crippen molar-refractivity contribution in [3.05, 3.63) is 190 Å². The van der Waals surface area contributed by atoms with Crippen LogP contribution in [-0.4, -0.2) is 0 Å². The van der Waals surface area contributed by atoms with Gasteiger partial charge in [-0.25, -0.2) is 0 Å². The third-order valence-electron chi connectivity index (χ3n) is 16.0. The molecule has 4 nitrogen and oxygen atoms in total. The van der Waals surface area contributed by atoms with E-state index in [2.05, 4.69) is 252 Å². The van der Waals surface area contributed by atoms with Gasteiger partial charge in [0.1, 0.15) is 11.2 Å². The van der Waals surface area contributed by atoms with E-state index in [1.807, 2.05) is 0 Å². The van der Waals surface area contributed by atoms with E-state index < -0.39 is 0 Å². The van der Waals surface area contributed by atoms with Crippen molar-refractivity contribution >= 4 is 110 Å². The normalized spacial score (nSPS) is 12.7. The molecule has 0 radical (unpaired) electrons. The number of rotatable bonds is 8. The Hall–Kier alpha value is -7.56. The van der Waals surface area contributed by atoms with Crippen molar-refractivity contribution in [2.24, 2.45) is 0 Å². The Morgan fingerprint density at radius 3 is 1.07 bits per heavy atom. The minimum Gasteiger partial charge on any atom is -0.454 e. The largest absolute Gasteiger partial charge is 0.454 e. The minimum atomic E-state index is -0.106. The fourth-order valence-electron chi connectivity index (χ4n) is 12.2. The lowest BCUT2D eigenvalue weighted by Gasteiger charge is -2.31. The van der Waals surface area contributed by atoms with Crippen molar-refractivity contribution in [1.29, 1.82) is 0 Å². The van der Waals surface area contributed by atoms with Gasteiger partial charge in [0.05, 0.1) is 22.7 Å². The fraction of sp³-hybridized carbons (Fsp3) is 0.257. The number of fused-ring (bicyclic) bond motifs is 6. The Kier molecular flexibility index (Phi) is 10.9. The molecular formula is C70H68N2O2. The predicted octanol–water partition coefficient (Wildman–Crippen LogP) is 21.4. The smallest absolute Gasteiger partial charge is 0.159 e. The van der Waals surface area contributed by atoms with Gasteiger partial charge in [0, 0.05) is 54.8 Å². The summed E-state index contributed by atoms with van der Waals surface area (Å²) in [6, 6.07) is 55.0. The van der Waals surface area contributed by atoms with E-state index in [-0.39, 0.29) is 22.7 Å². The lowest BCUT2D eigenvalue weighted by Crippen LogP contribution is -2.13. The van der Waals surface area contributed by atoms with Crippen molar-refractivity contribution < 1.29 is 8.83 Å². The van der Waals surface area contributed by atoms with Crippen molar-refractivity contribution in [2.75, 3.05) is 9.80 Å². The lowest BCUT2D eigenvalue weighted by atomic mass is 9.84. The van der Waals surface area contributed by atoms with Crippen molar-refractivity contribution in [3.63, 3.8) is 0 Å². The summed E-state index contributed by atoms with van der Waals surface area (Å²) in [7, 11) is 0. The number of aryl methyl sites for hydroxylation is 4. The zero-order valence-electron chi connectivity index (χ0n) is 45.7. The summed E-state index contributed by atoms with van der Waals surface area (Å²) in [6.07, 6.45) is 0. The molecule has 0 atom stereocenters. The molecule has 0 amide bonds. The maximum atomic E-state index is 7.27. The van der Waals surface area contributed by atoms with E-state index in [1.54, 1.807) is 0 Å². The van der Waals surface area contributed by atoms with Gasteiger partial charge >= 0.3 is 0 Å². The van der Waals surface area contributed by atoms with Gasteiger partial charge in [0.25, 0.3) is 0 Å². The Balaban J connectivity index is 1.20. The number of furan rings is 2. The second kappa shape index (κ2) is 17.0. The third kappa shape index (κ3) is 7.30. The molecule has 2 aromatic heterocycles. The molecule has 12 aromatic rings. The first-order valence-electron chi connectivity index (χ1n) is 26.7. The number of benzene rings is 10. The summed E-state index contributed by atoms with van der Waals surface area (Å²) < 4.78 is 14.5. The summed E-state index contributed by atoms with van der Waals surface area (Å²) in [5, 5.41) is 12.2. The van der Waals surface area contributed by atoms with Gasteiger partial charge in [0.15, 0.2) is 11.2 Å². The van der Waals surface area contributed by atoms with Crippen molar-refractivity contribution in [2.45, 2.75) is 120 Å². The van der Waals surface area contributed by atoms with Gasteiger partial charge < -0.3 is 18.6 Å². The first kappa shape index (κ1) is 47.4. The first-order chi connectivity index (χ1) is 35.3. The van der Waals surface area contributed by atoms with Crippen LogP contribution in [0.3, 0.4) is 0 Å². The van der Waals surface area contributed by atoms with E-state index in [0.717, 1.165) is 67.2 Å². The van der Waals surface area contributed by atoms with Crippen LogP contribution in [0.25, 0.3) is 76.2 Å². The van der Waals surface area contributed by atoms with Crippen molar-refractivity contribution in [3.8, 4) is 0 Å². The number of para-hydroxylation sites is 2. The molecule has 0 fully saturated rings. The summed E-state index contributed by atoms with van der Waals surface area (Å²) >= 11 is 0. The van der Waals surface area contributed by atoms with E-state index in [4.69, 9.17) is 8.83 Å².